The number of benzene rings is 1. The molecule has 0 saturated heterocycles. The molecule has 1 unspecified atom stereocenters. The van der Waals surface area contributed by atoms with Crippen LogP contribution < -0.4 is 10.1 Å². The Labute approximate surface area is 215 Å². The number of fused-ring (bicyclic) bond motifs is 7. The molecule has 4 aromatic rings. The molecule has 37 heavy (non-hydrogen) atoms. The van der Waals surface area contributed by atoms with Crippen LogP contribution in [0.4, 0.5) is 5.95 Å². The van der Waals surface area contributed by atoms with Gasteiger partial charge in [-0.2, -0.15) is 5.10 Å². The van der Waals surface area contributed by atoms with Crippen LogP contribution in [0.1, 0.15) is 42.7 Å². The molecule has 10 nitrogen and oxygen atoms in total. The molecule has 0 aliphatic carbocycles. The zero-order valence-electron chi connectivity index (χ0n) is 21.4. The minimum absolute atomic E-state index is 0.00821. The van der Waals surface area contributed by atoms with Crippen molar-refractivity contribution in [3.8, 4) is 17.1 Å². The molecule has 1 aliphatic rings. The van der Waals surface area contributed by atoms with Crippen molar-refractivity contribution < 1.29 is 17.9 Å². The maximum atomic E-state index is 13.4. The lowest BCUT2D eigenvalue weighted by molar-refractivity contribution is 0.102. The number of carbonyl (C=O) groups is 1. The number of hydrogen-bond donors (Lipinski definition) is 1. The fourth-order valence-electron chi connectivity index (χ4n) is 4.63. The van der Waals surface area contributed by atoms with Crippen molar-refractivity contribution >= 4 is 32.7 Å². The predicted molar refractivity (Wildman–Crippen MR) is 140 cm³/mol. The fraction of sp³-hybridized carbons (Fsp3) is 0.385. The van der Waals surface area contributed by atoms with Gasteiger partial charge in [-0.1, -0.05) is 13.8 Å². The second-order valence-corrected chi connectivity index (χ2v) is 11.8. The van der Waals surface area contributed by atoms with Crippen LogP contribution in [0.2, 0.25) is 0 Å². The van der Waals surface area contributed by atoms with Gasteiger partial charge in [0.2, 0.25) is 11.8 Å². The molecule has 1 atom stereocenters. The molecule has 0 fully saturated rings. The van der Waals surface area contributed by atoms with Crippen LogP contribution in [0.15, 0.2) is 41.4 Å². The number of carbonyl (C=O) groups excluding carboxylic acids is 1. The quantitative estimate of drug-likeness (QED) is 0.422. The first-order valence-corrected chi connectivity index (χ1v) is 14.0. The number of imidazole rings is 1. The average molecular weight is 523 g/mol. The third kappa shape index (κ3) is 4.83. The van der Waals surface area contributed by atoms with Gasteiger partial charge in [-0.25, -0.2) is 18.1 Å². The topological polar surface area (TPSA) is 121 Å². The van der Waals surface area contributed by atoms with Crippen LogP contribution in [-0.2, 0) is 23.4 Å². The fourth-order valence-corrected chi connectivity index (χ4v) is 5.53. The van der Waals surface area contributed by atoms with E-state index in [0.29, 0.717) is 53.0 Å². The monoisotopic (exact) mass is 522 g/mol. The van der Waals surface area contributed by atoms with Crippen LogP contribution in [0.3, 0.4) is 0 Å². The molecular formula is C26H30N6O4S. The minimum atomic E-state index is -3.40. The number of anilines is 1. The Morgan fingerprint density at radius 3 is 2.78 bits per heavy atom. The summed E-state index contributed by atoms with van der Waals surface area (Å²) in [7, 11) is -1.58. The Balaban J connectivity index is 1.63. The molecule has 0 spiro atoms. The highest BCUT2D eigenvalue weighted by molar-refractivity contribution is 7.91. The van der Waals surface area contributed by atoms with E-state index in [9.17, 15) is 13.2 Å². The first-order chi connectivity index (χ1) is 17.7. The highest BCUT2D eigenvalue weighted by Crippen LogP contribution is 2.31. The Kier molecular flexibility index (Phi) is 6.49. The number of nitrogens with one attached hydrogen (secondary N) is 1. The number of nitrogens with zero attached hydrogens (tertiary/aromatic N) is 5. The van der Waals surface area contributed by atoms with E-state index in [2.05, 4.69) is 27.3 Å². The Morgan fingerprint density at radius 1 is 1.19 bits per heavy atom. The lowest BCUT2D eigenvalue weighted by Gasteiger charge is -2.16. The van der Waals surface area contributed by atoms with E-state index in [1.807, 2.05) is 18.5 Å². The molecule has 2 bridgehead atoms. The molecule has 4 heterocycles. The molecule has 0 radical (unpaired) electrons. The van der Waals surface area contributed by atoms with Crippen LogP contribution in [-0.4, -0.2) is 51.0 Å². The van der Waals surface area contributed by atoms with E-state index in [-0.39, 0.29) is 22.5 Å². The third-order valence-electron chi connectivity index (χ3n) is 6.63. The summed E-state index contributed by atoms with van der Waals surface area (Å²) in [6, 6.07) is 8.35. The van der Waals surface area contributed by atoms with E-state index < -0.39 is 9.84 Å². The average Bonchev–Trinajstić information content (AvgIpc) is 3.40. The molecular weight excluding hydrogens is 492 g/mol. The maximum Gasteiger partial charge on any atom is 0.258 e. The van der Waals surface area contributed by atoms with E-state index in [0.717, 1.165) is 18.4 Å². The summed E-state index contributed by atoms with van der Waals surface area (Å²) >= 11 is 0. The number of rotatable bonds is 2. The maximum absolute atomic E-state index is 13.4. The molecule has 1 N–H and O–H groups in total. The summed E-state index contributed by atoms with van der Waals surface area (Å²) in [5, 5.41) is 7.30. The molecule has 1 aromatic carbocycles. The number of aromatic nitrogens is 5. The molecule has 3 aromatic heterocycles. The molecule has 1 amide bonds. The van der Waals surface area contributed by atoms with Crippen molar-refractivity contribution in [2.75, 3.05) is 17.7 Å². The number of ether oxygens (including phenoxy) is 1. The third-order valence-corrected chi connectivity index (χ3v) is 8.37. The molecule has 1 aliphatic heterocycles. The van der Waals surface area contributed by atoms with E-state index in [1.54, 1.807) is 48.1 Å². The van der Waals surface area contributed by atoms with E-state index in [4.69, 9.17) is 4.74 Å². The van der Waals surface area contributed by atoms with Crippen LogP contribution >= 0.6 is 0 Å². The van der Waals surface area contributed by atoms with Crippen molar-refractivity contribution in [3.05, 3.63) is 47.8 Å². The smallest absolute Gasteiger partial charge is 0.258 e. The number of sulfone groups is 1. The summed E-state index contributed by atoms with van der Waals surface area (Å²) in [5.74, 6) is 0.870. The SMILES string of the molecule is CCS(=O)(=O)c1ccc2nc3n(c2c1)CC(C)CCCOc1c(cnn1C)-c1cc(cc(C)n1)C(=O)N3. The van der Waals surface area contributed by atoms with Gasteiger partial charge in [-0.05, 0) is 56.0 Å². The Bertz CT molecular complexity index is 1600. The lowest BCUT2D eigenvalue weighted by atomic mass is 10.1. The van der Waals surface area contributed by atoms with E-state index >= 15 is 0 Å². The molecule has 194 valence electrons. The number of hydrogen-bond acceptors (Lipinski definition) is 7. The van der Waals surface area contributed by atoms with Crippen LogP contribution in [0.25, 0.3) is 22.3 Å². The second-order valence-electron chi connectivity index (χ2n) is 9.52. The van der Waals surface area contributed by atoms with Crippen molar-refractivity contribution in [1.82, 2.24) is 24.3 Å². The van der Waals surface area contributed by atoms with Gasteiger partial charge in [0.1, 0.15) is 0 Å². The first-order valence-electron chi connectivity index (χ1n) is 12.3. The van der Waals surface area contributed by atoms with Gasteiger partial charge in [-0.3, -0.25) is 15.1 Å². The van der Waals surface area contributed by atoms with Crippen molar-refractivity contribution in [1.29, 1.82) is 0 Å². The van der Waals surface area contributed by atoms with Gasteiger partial charge in [-0.15, -0.1) is 0 Å². The van der Waals surface area contributed by atoms with Crippen LogP contribution in [0.5, 0.6) is 5.88 Å². The van der Waals surface area contributed by atoms with Gasteiger partial charge in [0.05, 0.1) is 45.7 Å². The lowest BCUT2D eigenvalue weighted by Crippen LogP contribution is -2.18. The van der Waals surface area contributed by atoms with Gasteiger partial charge in [0.25, 0.3) is 5.91 Å². The number of pyridine rings is 1. The normalized spacial score (nSPS) is 16.8. The summed E-state index contributed by atoms with van der Waals surface area (Å²) in [5.41, 5.74) is 3.71. The molecule has 0 saturated carbocycles. The van der Waals surface area contributed by atoms with Gasteiger partial charge < -0.3 is 9.30 Å². The highest BCUT2D eigenvalue weighted by atomic mass is 32.2. The number of amides is 1. The summed E-state index contributed by atoms with van der Waals surface area (Å²) in [6.45, 7) is 6.63. The predicted octanol–water partition coefficient (Wildman–Crippen LogP) is 3.99. The van der Waals surface area contributed by atoms with Gasteiger partial charge in [0.15, 0.2) is 9.84 Å². The zero-order chi connectivity index (χ0) is 26.3. The molecule has 11 heteroatoms. The van der Waals surface area contributed by atoms with Crippen LogP contribution in [0, 0.1) is 12.8 Å². The Hall–Kier alpha value is -3.73. The van der Waals surface area contributed by atoms with E-state index in [1.165, 1.54) is 0 Å². The minimum Gasteiger partial charge on any atom is -0.477 e. The summed E-state index contributed by atoms with van der Waals surface area (Å²) in [4.78, 5) is 23.0. The Morgan fingerprint density at radius 2 is 2.00 bits per heavy atom. The number of aryl methyl sites for hydroxylation is 2. The standard InChI is InChI=1S/C26H30N6O4S/c1-5-37(34,35)19-8-9-21-23(13-19)32-15-16(2)7-6-10-36-25-20(14-27-31(25)4)22-12-18(11-17(3)28-22)24(33)30-26(32)29-21/h8-9,11-14,16H,5-7,10,15H2,1-4H3,(H,29,30,33). The highest BCUT2D eigenvalue weighted by Gasteiger charge is 2.22. The molecule has 5 rings (SSSR count). The van der Waals surface area contributed by atoms with Crippen molar-refractivity contribution in [2.24, 2.45) is 13.0 Å². The summed E-state index contributed by atoms with van der Waals surface area (Å²) < 4.78 is 34.8. The first kappa shape index (κ1) is 24.9. The van der Waals surface area contributed by atoms with Crippen molar-refractivity contribution in [3.63, 3.8) is 0 Å². The largest absolute Gasteiger partial charge is 0.477 e. The van der Waals surface area contributed by atoms with Gasteiger partial charge >= 0.3 is 0 Å². The summed E-state index contributed by atoms with van der Waals surface area (Å²) in [6.07, 6.45) is 3.36. The van der Waals surface area contributed by atoms with Crippen molar-refractivity contribution in [2.45, 2.75) is 45.1 Å². The zero-order valence-corrected chi connectivity index (χ0v) is 22.2. The van der Waals surface area contributed by atoms with Gasteiger partial charge in [0, 0.05) is 24.8 Å². The second kappa shape index (κ2) is 9.62.